The van der Waals surface area contributed by atoms with Crippen LogP contribution in [0.2, 0.25) is 0 Å². The predicted molar refractivity (Wildman–Crippen MR) is 184 cm³/mol. The summed E-state index contributed by atoms with van der Waals surface area (Å²) in [6.45, 7) is 0.788. The Morgan fingerprint density at radius 1 is 0.889 bits per heavy atom. The molecule has 3 heterocycles. The topological polar surface area (TPSA) is 52.6 Å². The number of benzene rings is 4. The second-order valence-corrected chi connectivity index (χ2v) is 12.1. The quantitative estimate of drug-likeness (QED) is 0.201. The molecule has 0 bridgehead atoms. The maximum atomic E-state index is 14.3. The van der Waals surface area contributed by atoms with Gasteiger partial charge >= 0.3 is 0 Å². The lowest BCUT2D eigenvalue weighted by atomic mass is 9.75. The van der Waals surface area contributed by atoms with E-state index in [4.69, 9.17) is 0 Å². The first-order valence-electron chi connectivity index (χ1n) is 15.7. The molecule has 1 aliphatic rings. The Morgan fingerprint density at radius 3 is 2.49 bits per heavy atom. The number of aromatic amines is 2. The van der Waals surface area contributed by atoms with E-state index in [0.29, 0.717) is 0 Å². The predicted octanol–water partition coefficient (Wildman–Crippen LogP) is 9.09. The number of nitrogens with zero attached hydrogens (tertiary/aromatic N) is 3. The van der Waals surface area contributed by atoms with Crippen molar-refractivity contribution >= 4 is 38.4 Å². The highest BCUT2D eigenvalue weighted by Crippen LogP contribution is 2.44. The number of halogens is 1. The maximum Gasteiger partial charge on any atom is 0.123 e. The standard InChI is InChI=1S/C31H31FN4.C8H7N/c1-35(2)31(23-8-4-3-5-9-23)17-14-22(15-18-31)30-25(26-20-24(32)12-13-27(26)34-30)16-19-36-21-33-28-10-6-7-11-29(28)36;1-2-4-8-7(3-1)5-6-9-8/h3-14,20-21,34H,15-19H2,1-2H3;1-6,9H. The molecule has 0 fully saturated rings. The van der Waals surface area contributed by atoms with Gasteiger partial charge in [-0.1, -0.05) is 66.7 Å². The minimum absolute atomic E-state index is 0.0151. The highest BCUT2D eigenvalue weighted by molar-refractivity contribution is 5.89. The van der Waals surface area contributed by atoms with E-state index < -0.39 is 0 Å². The van der Waals surface area contributed by atoms with Crippen molar-refractivity contribution in [2.45, 2.75) is 37.8 Å². The van der Waals surface area contributed by atoms with Crippen LogP contribution in [0.1, 0.15) is 36.1 Å². The van der Waals surface area contributed by atoms with E-state index >= 15 is 0 Å². The van der Waals surface area contributed by atoms with Gasteiger partial charge in [0, 0.05) is 40.4 Å². The monoisotopic (exact) mass is 595 g/mol. The van der Waals surface area contributed by atoms with Gasteiger partial charge < -0.3 is 14.5 Å². The van der Waals surface area contributed by atoms with Gasteiger partial charge in [-0.3, -0.25) is 4.90 Å². The zero-order chi connectivity index (χ0) is 30.8. The molecule has 1 atom stereocenters. The molecule has 7 aromatic rings. The molecule has 6 heteroatoms. The normalized spacial score (nSPS) is 16.7. The number of hydrogen-bond donors (Lipinski definition) is 2. The van der Waals surface area contributed by atoms with E-state index in [1.54, 1.807) is 6.07 Å². The molecule has 2 N–H and O–H groups in total. The van der Waals surface area contributed by atoms with Crippen LogP contribution in [-0.2, 0) is 18.5 Å². The van der Waals surface area contributed by atoms with E-state index in [1.807, 2.05) is 48.9 Å². The Bertz CT molecular complexity index is 2070. The summed E-state index contributed by atoms with van der Waals surface area (Å²) < 4.78 is 16.5. The van der Waals surface area contributed by atoms with Gasteiger partial charge in [0.15, 0.2) is 0 Å². The minimum Gasteiger partial charge on any atom is -0.361 e. The van der Waals surface area contributed by atoms with Crippen molar-refractivity contribution in [1.29, 1.82) is 0 Å². The van der Waals surface area contributed by atoms with E-state index in [1.165, 1.54) is 33.7 Å². The molecule has 45 heavy (non-hydrogen) atoms. The van der Waals surface area contributed by atoms with Gasteiger partial charge in [-0.15, -0.1) is 0 Å². The van der Waals surface area contributed by atoms with Crippen LogP contribution in [0.3, 0.4) is 0 Å². The Balaban J connectivity index is 0.000000308. The lowest BCUT2D eigenvalue weighted by Crippen LogP contribution is -2.42. The fraction of sp³-hybridized carbons (Fsp3) is 0.205. The smallest absolute Gasteiger partial charge is 0.123 e. The van der Waals surface area contributed by atoms with Crippen LogP contribution in [0.5, 0.6) is 0 Å². The van der Waals surface area contributed by atoms with Crippen molar-refractivity contribution < 1.29 is 4.39 Å². The highest BCUT2D eigenvalue weighted by Gasteiger charge is 2.36. The molecule has 8 rings (SSSR count). The number of imidazole rings is 1. The van der Waals surface area contributed by atoms with Crippen molar-refractivity contribution in [3.8, 4) is 0 Å². The van der Waals surface area contributed by atoms with Crippen LogP contribution in [-0.4, -0.2) is 38.5 Å². The van der Waals surface area contributed by atoms with Crippen molar-refractivity contribution in [2.75, 3.05) is 14.1 Å². The summed E-state index contributed by atoms with van der Waals surface area (Å²) in [6, 6.07) is 34.4. The van der Waals surface area contributed by atoms with Gasteiger partial charge in [-0.2, -0.15) is 0 Å². The average molecular weight is 596 g/mol. The molecule has 0 saturated heterocycles. The summed E-state index contributed by atoms with van der Waals surface area (Å²) in [5, 5.41) is 2.25. The number of allylic oxidation sites excluding steroid dienone is 1. The molecule has 0 saturated carbocycles. The number of aromatic nitrogens is 4. The number of para-hydroxylation sites is 3. The maximum absolute atomic E-state index is 14.3. The first kappa shape index (κ1) is 28.8. The van der Waals surface area contributed by atoms with Crippen LogP contribution >= 0.6 is 0 Å². The second kappa shape index (κ2) is 12.2. The van der Waals surface area contributed by atoms with Crippen LogP contribution in [0.4, 0.5) is 4.39 Å². The lowest BCUT2D eigenvalue weighted by Gasteiger charge is -2.43. The van der Waals surface area contributed by atoms with Crippen molar-refractivity contribution in [3.63, 3.8) is 0 Å². The van der Waals surface area contributed by atoms with Gasteiger partial charge in [0.25, 0.3) is 0 Å². The molecule has 0 spiro atoms. The molecule has 0 amide bonds. The van der Waals surface area contributed by atoms with Crippen LogP contribution in [0.25, 0.3) is 38.4 Å². The number of nitrogens with one attached hydrogen (secondary N) is 2. The molecule has 1 unspecified atom stereocenters. The number of H-pyrrole nitrogens is 2. The molecule has 0 aliphatic heterocycles. The van der Waals surface area contributed by atoms with Gasteiger partial charge in [0.05, 0.1) is 17.4 Å². The first-order valence-corrected chi connectivity index (χ1v) is 15.7. The third-order valence-corrected chi connectivity index (χ3v) is 9.44. The van der Waals surface area contributed by atoms with Crippen LogP contribution < -0.4 is 0 Å². The highest BCUT2D eigenvalue weighted by atomic mass is 19.1. The molecule has 0 radical (unpaired) electrons. The Hall–Kier alpha value is -4.94. The van der Waals surface area contributed by atoms with Crippen molar-refractivity contribution in [3.05, 3.63) is 144 Å². The lowest BCUT2D eigenvalue weighted by molar-refractivity contribution is 0.138. The first-order chi connectivity index (χ1) is 22.0. The largest absolute Gasteiger partial charge is 0.361 e. The van der Waals surface area contributed by atoms with E-state index in [2.05, 4.69) is 99.2 Å². The molecule has 3 aromatic heterocycles. The van der Waals surface area contributed by atoms with E-state index in [-0.39, 0.29) is 11.4 Å². The molecule has 5 nitrogen and oxygen atoms in total. The number of fused-ring (bicyclic) bond motifs is 3. The van der Waals surface area contributed by atoms with Gasteiger partial charge in [-0.05, 0) is 104 Å². The van der Waals surface area contributed by atoms with Gasteiger partial charge in [0.2, 0.25) is 0 Å². The third-order valence-electron chi connectivity index (χ3n) is 9.44. The minimum atomic E-state index is -0.198. The zero-order valence-corrected chi connectivity index (χ0v) is 25.8. The van der Waals surface area contributed by atoms with Crippen molar-refractivity contribution in [1.82, 2.24) is 24.4 Å². The number of aryl methyl sites for hydroxylation is 2. The Labute approximate surface area is 263 Å². The van der Waals surface area contributed by atoms with Crippen LogP contribution in [0, 0.1) is 5.82 Å². The number of hydrogen-bond acceptors (Lipinski definition) is 2. The van der Waals surface area contributed by atoms with E-state index in [0.717, 1.165) is 59.9 Å². The summed E-state index contributed by atoms with van der Waals surface area (Å²) in [6.07, 6.45) is 9.99. The Kier molecular flexibility index (Phi) is 7.82. The molecule has 1 aliphatic carbocycles. The fourth-order valence-electron chi connectivity index (χ4n) is 6.91. The summed E-state index contributed by atoms with van der Waals surface area (Å²) in [5.74, 6) is -0.198. The van der Waals surface area contributed by atoms with E-state index in [9.17, 15) is 4.39 Å². The summed E-state index contributed by atoms with van der Waals surface area (Å²) in [7, 11) is 4.36. The molecule has 4 aromatic carbocycles. The summed E-state index contributed by atoms with van der Waals surface area (Å²) in [5.41, 5.74) is 9.33. The zero-order valence-electron chi connectivity index (χ0n) is 25.8. The van der Waals surface area contributed by atoms with Gasteiger partial charge in [-0.25, -0.2) is 9.37 Å². The number of rotatable bonds is 6. The molecular formula is C39H38FN5. The second-order valence-electron chi connectivity index (χ2n) is 12.1. The molecule has 226 valence electrons. The third kappa shape index (κ3) is 5.58. The van der Waals surface area contributed by atoms with Crippen molar-refractivity contribution in [2.24, 2.45) is 0 Å². The Morgan fingerprint density at radius 2 is 1.69 bits per heavy atom. The van der Waals surface area contributed by atoms with Crippen LogP contribution in [0.15, 0.2) is 122 Å². The summed E-state index contributed by atoms with van der Waals surface area (Å²) >= 11 is 0. The average Bonchev–Trinajstić information content (AvgIpc) is 3.81. The fourth-order valence-corrected chi connectivity index (χ4v) is 6.91. The summed E-state index contributed by atoms with van der Waals surface area (Å²) in [4.78, 5) is 13.7. The molecular weight excluding hydrogens is 557 g/mol. The SMILES string of the molecule is CN(C)C1(c2ccccc2)CC=C(c2[nH]c3ccc(F)cc3c2CCn2cnc3ccccc32)CC1.c1ccc2[nH]ccc2c1. The van der Waals surface area contributed by atoms with Gasteiger partial charge in [0.1, 0.15) is 5.82 Å².